The van der Waals surface area contributed by atoms with Crippen LogP contribution >= 0.6 is 0 Å². The predicted octanol–water partition coefficient (Wildman–Crippen LogP) is 12.6. The Bertz CT molecular complexity index is 2780. The third-order valence-electron chi connectivity index (χ3n) is 25.1. The molecular formula is C68H99N3O7. The first-order valence-electron chi connectivity index (χ1n) is 31.8. The van der Waals surface area contributed by atoms with E-state index in [1.807, 2.05) is 7.05 Å². The summed E-state index contributed by atoms with van der Waals surface area (Å²) in [4.78, 5) is 35.6. The van der Waals surface area contributed by atoms with Crippen LogP contribution in [-0.2, 0) is 38.4 Å². The molecule has 0 bridgehead atoms. The maximum absolute atomic E-state index is 16.6. The average Bonchev–Trinajstić information content (AvgIpc) is 1.44. The number of benzene rings is 1. The van der Waals surface area contributed by atoms with E-state index in [2.05, 4.69) is 101 Å². The van der Waals surface area contributed by atoms with E-state index in [0.717, 1.165) is 108 Å². The molecule has 428 valence electrons. The zero-order chi connectivity index (χ0) is 55.0. The minimum atomic E-state index is -0.837. The van der Waals surface area contributed by atoms with Crippen molar-refractivity contribution in [3.05, 3.63) is 69.6 Å². The zero-order valence-corrected chi connectivity index (χ0v) is 49.5. The van der Waals surface area contributed by atoms with Gasteiger partial charge in [-0.1, -0.05) is 98.3 Å². The fourth-order valence-electron chi connectivity index (χ4n) is 20.8. The Morgan fingerprint density at radius 2 is 1.60 bits per heavy atom. The number of hydrogen-bond donors (Lipinski definition) is 5. The molecule has 5 N–H and O–H groups in total. The second-order valence-corrected chi connectivity index (χ2v) is 29.5. The molecule has 2 saturated heterocycles. The number of carbonyl (C=O) groups is 2. The molecule has 2 aromatic heterocycles. The van der Waals surface area contributed by atoms with E-state index in [0.29, 0.717) is 56.3 Å². The second kappa shape index (κ2) is 20.1. The summed E-state index contributed by atoms with van der Waals surface area (Å²) in [5.74, 6) is 0.725. The standard InChI is InChI=1S/C68H99N3O7/c1-10-11-13-18-50-59(76)55-54-49(58(75)60-65(6,66(50,54)7)25-21-52-64(5,27-28-69-9)53(74)37-68(67(52,60)8)26-20-48(72)35-68)40-71-39-47(56-57(71)44(38-70-56)19-24-63(55,4)36-51(73)61-62(2,3)78-61)33-41-31-45(42-16-14-12-15-17-42)34-46(32-41)43-22-29-77-30-23-43/h31-32,34,38-39,42-43,48-52,58,60-61,69-70,72-73,75H,10-30,33,35-37,40H2,1-9H3/t48-,49-,50+,51-,52+,58-,60+,61-,63+,64+,65+,66+,67-,68-/m1/s1. The summed E-state index contributed by atoms with van der Waals surface area (Å²) in [5.41, 5.74) is 7.38. The molecule has 12 rings (SSSR count). The highest BCUT2D eigenvalue weighted by molar-refractivity contribution is 6.03. The number of aryl methyl sites for hydroxylation is 1. The van der Waals surface area contributed by atoms with Crippen molar-refractivity contribution in [2.75, 3.05) is 26.8 Å². The number of unbranched alkanes of at least 4 members (excludes halogenated alkanes) is 2. The molecule has 0 unspecified atom stereocenters. The number of ether oxygens (including phenoxy) is 2. The Labute approximate surface area is 467 Å². The number of aliphatic hydroxyl groups is 3. The third kappa shape index (κ3) is 8.39. The molecule has 5 heterocycles. The number of nitrogens with zero attached hydrogens (tertiary/aromatic N) is 1. The lowest BCUT2D eigenvalue weighted by Crippen LogP contribution is -2.73. The van der Waals surface area contributed by atoms with Gasteiger partial charge in [-0.3, -0.25) is 9.59 Å². The maximum Gasteiger partial charge on any atom is 0.163 e. The normalized spacial score (nSPS) is 40.1. The molecule has 14 atom stereocenters. The first kappa shape index (κ1) is 55.4. The van der Waals surface area contributed by atoms with Gasteiger partial charge in [0.15, 0.2) is 5.78 Å². The van der Waals surface area contributed by atoms with Crippen molar-refractivity contribution in [1.82, 2.24) is 14.9 Å². The van der Waals surface area contributed by atoms with Crippen LogP contribution in [0.3, 0.4) is 0 Å². The van der Waals surface area contributed by atoms with Crippen molar-refractivity contribution >= 4 is 22.6 Å². The predicted molar refractivity (Wildman–Crippen MR) is 308 cm³/mol. The summed E-state index contributed by atoms with van der Waals surface area (Å²) >= 11 is 0. The third-order valence-corrected chi connectivity index (χ3v) is 25.1. The molecule has 9 aliphatic rings. The first-order chi connectivity index (χ1) is 37.2. The lowest BCUT2D eigenvalue weighted by Gasteiger charge is -2.74. The summed E-state index contributed by atoms with van der Waals surface area (Å²) in [6.07, 6.45) is 22.1. The van der Waals surface area contributed by atoms with Gasteiger partial charge in [-0.25, -0.2) is 0 Å². The number of epoxide rings is 1. The minimum absolute atomic E-state index is 0.000258. The van der Waals surface area contributed by atoms with Gasteiger partial charge in [-0.15, -0.1) is 0 Å². The molecule has 1 spiro atoms. The number of H-pyrrole nitrogens is 1. The van der Waals surface area contributed by atoms with E-state index < -0.39 is 62.3 Å². The van der Waals surface area contributed by atoms with E-state index in [1.54, 1.807) is 0 Å². The number of nitrogens with one attached hydrogen (secondary N) is 2. The number of ketones is 2. The van der Waals surface area contributed by atoms with Gasteiger partial charge in [-0.05, 0) is 196 Å². The Morgan fingerprint density at radius 3 is 2.27 bits per heavy atom. The van der Waals surface area contributed by atoms with Gasteiger partial charge in [-0.2, -0.15) is 0 Å². The molecule has 1 aromatic carbocycles. The first-order valence-corrected chi connectivity index (χ1v) is 31.8. The van der Waals surface area contributed by atoms with Crippen molar-refractivity contribution < 1.29 is 34.4 Å². The number of allylic oxidation sites excluding steroid dienone is 1. The topological polar surface area (TPSA) is 149 Å². The molecule has 6 aliphatic carbocycles. The molecule has 10 heteroatoms. The molecule has 0 radical (unpaired) electrons. The van der Waals surface area contributed by atoms with Crippen LogP contribution in [0.5, 0.6) is 0 Å². The Kier molecular flexibility index (Phi) is 14.2. The molecule has 10 nitrogen and oxygen atoms in total. The molecule has 3 aromatic rings. The second-order valence-electron chi connectivity index (χ2n) is 29.5. The summed E-state index contributed by atoms with van der Waals surface area (Å²) < 4.78 is 14.6. The summed E-state index contributed by atoms with van der Waals surface area (Å²) in [6.45, 7) is 21.2. The number of aromatic nitrogens is 2. The van der Waals surface area contributed by atoms with E-state index in [4.69, 9.17) is 9.47 Å². The molecule has 3 aliphatic heterocycles. The zero-order valence-electron chi connectivity index (χ0n) is 49.5. The van der Waals surface area contributed by atoms with Gasteiger partial charge >= 0.3 is 0 Å². The van der Waals surface area contributed by atoms with Crippen molar-refractivity contribution in [3.63, 3.8) is 0 Å². The highest BCUT2D eigenvalue weighted by Crippen LogP contribution is 2.81. The molecule has 7 fully saturated rings. The van der Waals surface area contributed by atoms with E-state index in [-0.39, 0.29) is 29.6 Å². The Morgan fingerprint density at radius 1 is 0.885 bits per heavy atom. The smallest absolute Gasteiger partial charge is 0.163 e. The van der Waals surface area contributed by atoms with Crippen LogP contribution in [0.15, 0.2) is 41.7 Å². The van der Waals surface area contributed by atoms with Crippen LogP contribution in [0.4, 0.5) is 0 Å². The van der Waals surface area contributed by atoms with Crippen molar-refractivity contribution in [1.29, 1.82) is 0 Å². The fourth-order valence-corrected chi connectivity index (χ4v) is 20.8. The van der Waals surface area contributed by atoms with Crippen molar-refractivity contribution in [3.8, 4) is 0 Å². The number of aromatic amines is 1. The van der Waals surface area contributed by atoms with E-state index >= 15 is 9.59 Å². The van der Waals surface area contributed by atoms with Gasteiger partial charge in [0.1, 0.15) is 11.9 Å². The summed E-state index contributed by atoms with van der Waals surface area (Å²) in [6, 6.07) is 7.60. The minimum Gasteiger partial charge on any atom is -0.393 e. The molecule has 0 amide bonds. The van der Waals surface area contributed by atoms with Crippen LogP contribution in [0, 0.1) is 56.2 Å². The van der Waals surface area contributed by atoms with E-state index in [1.165, 1.54) is 71.0 Å². The van der Waals surface area contributed by atoms with Gasteiger partial charge in [0.2, 0.25) is 0 Å². The van der Waals surface area contributed by atoms with Crippen molar-refractivity contribution in [2.24, 2.45) is 56.2 Å². The fraction of sp³-hybridized carbons (Fsp3) is 0.765. The van der Waals surface area contributed by atoms with Crippen LogP contribution in [-0.4, -0.2) is 93.3 Å². The van der Waals surface area contributed by atoms with Crippen molar-refractivity contribution in [2.45, 2.75) is 245 Å². The Hall–Kier alpha value is -3.12. The number of Topliss-reactive ketones (excluding diaryl/α,β-unsaturated/α-hetero) is 2. The lowest BCUT2D eigenvalue weighted by atomic mass is 9.29. The summed E-state index contributed by atoms with van der Waals surface area (Å²) in [5, 5.41) is 42.1. The molecule has 78 heavy (non-hydrogen) atoms. The van der Waals surface area contributed by atoms with Gasteiger partial charge < -0.3 is 39.7 Å². The monoisotopic (exact) mass is 1070 g/mol. The molecule has 5 saturated carbocycles. The largest absolute Gasteiger partial charge is 0.393 e. The average molecular weight is 1070 g/mol. The number of hydrogen-bond acceptors (Lipinski definition) is 8. The van der Waals surface area contributed by atoms with Crippen LogP contribution in [0.2, 0.25) is 0 Å². The highest BCUT2D eigenvalue weighted by atomic mass is 16.6. The highest BCUT2D eigenvalue weighted by Gasteiger charge is 2.79. The van der Waals surface area contributed by atoms with Crippen LogP contribution in [0.1, 0.15) is 223 Å². The van der Waals surface area contributed by atoms with Gasteiger partial charge in [0.05, 0.1) is 34.9 Å². The molecular weight excluding hydrogens is 971 g/mol. The lowest BCUT2D eigenvalue weighted by molar-refractivity contribution is -0.267. The SMILES string of the molecule is CCCCC[C@H]1C(=O)C2=C3[C@@H](Cn4cc(Cc5cc(C6CCCCC6)cc(C6CCOCC6)c5)c5[nH]cc(c54)CC[C@@]2(C)C[C@@H](O)[C@H]2OC2(C)C)[C@@H](O)[C@@H]2[C@@]4(C)[C@@H](CC[C@]2(C)[C@]31C)[C@](C)(CCNC)C(=O)C[C@]41CC[C@@H](O)C1. The van der Waals surface area contributed by atoms with E-state index in [9.17, 15) is 15.3 Å². The number of aliphatic hydroxyl groups excluding tert-OH is 3. The number of fused-ring (bicyclic) bond motifs is 5. The maximum atomic E-state index is 16.6. The number of rotatable bonds is 14. The van der Waals surface area contributed by atoms with Gasteiger partial charge in [0.25, 0.3) is 0 Å². The van der Waals surface area contributed by atoms with Crippen LogP contribution < -0.4 is 5.32 Å². The Balaban J connectivity index is 1.05. The summed E-state index contributed by atoms with van der Waals surface area (Å²) in [7, 11) is 1.99. The quantitative estimate of drug-likeness (QED) is 0.0791. The number of carbonyl (C=O) groups excluding carboxylic acids is 2. The van der Waals surface area contributed by atoms with Gasteiger partial charge in [0, 0.05) is 73.2 Å². The van der Waals surface area contributed by atoms with Crippen LogP contribution in [0.25, 0.3) is 11.0 Å².